The van der Waals surface area contributed by atoms with Gasteiger partial charge in [-0.1, -0.05) is 26.7 Å². The first kappa shape index (κ1) is 12.4. The van der Waals surface area contributed by atoms with Crippen LogP contribution in [0.15, 0.2) is 0 Å². The lowest BCUT2D eigenvalue weighted by molar-refractivity contribution is 0.192. The lowest BCUT2D eigenvalue weighted by atomic mass is 10.0. The highest BCUT2D eigenvalue weighted by atomic mass is 15.1. The highest BCUT2D eigenvalue weighted by Gasteiger charge is 2.23. The van der Waals surface area contributed by atoms with Gasteiger partial charge in [-0.15, -0.1) is 0 Å². The SMILES string of the molecule is CCC1CCN(CCC2CC2)CC(C)CN1. The van der Waals surface area contributed by atoms with Crippen molar-refractivity contribution in [2.24, 2.45) is 11.8 Å². The van der Waals surface area contributed by atoms with Crippen LogP contribution in [-0.4, -0.2) is 37.1 Å². The number of rotatable bonds is 4. The number of hydrogen-bond donors (Lipinski definition) is 1. The van der Waals surface area contributed by atoms with E-state index in [4.69, 9.17) is 0 Å². The standard InChI is InChI=1S/C14H28N2/c1-3-14-7-9-16(8-6-13-4-5-13)11-12(2)10-15-14/h12-15H,3-11H2,1-2H3. The summed E-state index contributed by atoms with van der Waals surface area (Å²) < 4.78 is 0. The van der Waals surface area contributed by atoms with E-state index in [1.807, 2.05) is 0 Å². The minimum Gasteiger partial charge on any atom is -0.314 e. The molecule has 2 rings (SSSR count). The van der Waals surface area contributed by atoms with Crippen LogP contribution in [0.1, 0.15) is 46.0 Å². The molecule has 0 radical (unpaired) electrons. The van der Waals surface area contributed by atoms with Crippen LogP contribution in [0.5, 0.6) is 0 Å². The van der Waals surface area contributed by atoms with E-state index in [2.05, 4.69) is 24.1 Å². The monoisotopic (exact) mass is 224 g/mol. The van der Waals surface area contributed by atoms with Gasteiger partial charge in [-0.2, -0.15) is 0 Å². The molecule has 0 spiro atoms. The van der Waals surface area contributed by atoms with Crippen LogP contribution in [-0.2, 0) is 0 Å². The average Bonchev–Trinajstić information content (AvgIpc) is 3.06. The molecule has 1 heterocycles. The molecule has 2 aliphatic rings. The van der Waals surface area contributed by atoms with E-state index in [0.717, 1.165) is 17.9 Å². The largest absolute Gasteiger partial charge is 0.314 e. The molecule has 2 atom stereocenters. The van der Waals surface area contributed by atoms with Crippen molar-refractivity contribution in [2.75, 3.05) is 26.2 Å². The summed E-state index contributed by atoms with van der Waals surface area (Å²) in [7, 11) is 0. The molecule has 0 bridgehead atoms. The smallest absolute Gasteiger partial charge is 0.00767 e. The van der Waals surface area contributed by atoms with Crippen LogP contribution in [0.3, 0.4) is 0 Å². The van der Waals surface area contributed by atoms with E-state index in [-0.39, 0.29) is 0 Å². The molecular weight excluding hydrogens is 196 g/mol. The molecule has 0 aromatic carbocycles. The zero-order chi connectivity index (χ0) is 11.4. The third-order valence-corrected chi connectivity index (χ3v) is 4.16. The molecular formula is C14H28N2. The first-order valence-electron chi connectivity index (χ1n) is 7.23. The van der Waals surface area contributed by atoms with Gasteiger partial charge in [-0.05, 0) is 50.7 Å². The minimum atomic E-state index is 0.756. The summed E-state index contributed by atoms with van der Waals surface area (Å²) in [5.74, 6) is 1.90. The maximum Gasteiger partial charge on any atom is 0.00767 e. The molecule has 0 aromatic rings. The molecule has 0 amide bonds. The van der Waals surface area contributed by atoms with Gasteiger partial charge in [0.25, 0.3) is 0 Å². The second kappa shape index (κ2) is 6.02. The molecule has 2 unspecified atom stereocenters. The number of nitrogens with one attached hydrogen (secondary N) is 1. The summed E-state index contributed by atoms with van der Waals surface area (Å²) in [4.78, 5) is 2.71. The second-order valence-electron chi connectivity index (χ2n) is 5.94. The molecule has 1 saturated heterocycles. The topological polar surface area (TPSA) is 15.3 Å². The molecule has 2 fully saturated rings. The molecule has 1 N–H and O–H groups in total. The predicted octanol–water partition coefficient (Wildman–Crippen LogP) is 2.50. The Balaban J connectivity index is 1.75. The van der Waals surface area contributed by atoms with Gasteiger partial charge in [0, 0.05) is 12.6 Å². The van der Waals surface area contributed by atoms with Crippen LogP contribution in [0.25, 0.3) is 0 Å². The van der Waals surface area contributed by atoms with Gasteiger partial charge >= 0.3 is 0 Å². The van der Waals surface area contributed by atoms with E-state index in [9.17, 15) is 0 Å². The summed E-state index contributed by atoms with van der Waals surface area (Å²) in [6.45, 7) is 9.86. The van der Waals surface area contributed by atoms with Gasteiger partial charge in [0.1, 0.15) is 0 Å². The van der Waals surface area contributed by atoms with Crippen molar-refractivity contribution in [3.8, 4) is 0 Å². The molecule has 1 aliphatic heterocycles. The zero-order valence-electron chi connectivity index (χ0n) is 11.0. The Bertz CT molecular complexity index is 201. The van der Waals surface area contributed by atoms with E-state index in [1.165, 1.54) is 58.3 Å². The molecule has 1 aliphatic carbocycles. The van der Waals surface area contributed by atoms with Gasteiger partial charge in [0.2, 0.25) is 0 Å². The van der Waals surface area contributed by atoms with Crippen LogP contribution >= 0.6 is 0 Å². The molecule has 1 saturated carbocycles. The second-order valence-corrected chi connectivity index (χ2v) is 5.94. The first-order chi connectivity index (χ1) is 7.78. The van der Waals surface area contributed by atoms with Crippen molar-refractivity contribution in [3.63, 3.8) is 0 Å². The van der Waals surface area contributed by atoms with E-state index >= 15 is 0 Å². The number of nitrogens with zero attached hydrogens (tertiary/aromatic N) is 1. The van der Waals surface area contributed by atoms with Crippen molar-refractivity contribution in [2.45, 2.75) is 52.0 Å². The fourth-order valence-corrected chi connectivity index (χ4v) is 2.73. The van der Waals surface area contributed by atoms with Crippen molar-refractivity contribution < 1.29 is 0 Å². The fourth-order valence-electron chi connectivity index (χ4n) is 2.73. The summed E-state index contributed by atoms with van der Waals surface area (Å²) in [6, 6.07) is 0.756. The summed E-state index contributed by atoms with van der Waals surface area (Å²) in [5, 5.41) is 3.69. The highest BCUT2D eigenvalue weighted by Crippen LogP contribution is 2.32. The fraction of sp³-hybridized carbons (Fsp3) is 1.00. The van der Waals surface area contributed by atoms with E-state index in [1.54, 1.807) is 0 Å². The zero-order valence-corrected chi connectivity index (χ0v) is 11.0. The van der Waals surface area contributed by atoms with Crippen molar-refractivity contribution in [3.05, 3.63) is 0 Å². The van der Waals surface area contributed by atoms with E-state index in [0.29, 0.717) is 0 Å². The average molecular weight is 224 g/mol. The normalized spacial score (nSPS) is 33.4. The summed E-state index contributed by atoms with van der Waals surface area (Å²) in [5.41, 5.74) is 0. The third kappa shape index (κ3) is 4.06. The van der Waals surface area contributed by atoms with Gasteiger partial charge in [-0.25, -0.2) is 0 Å². The van der Waals surface area contributed by atoms with Gasteiger partial charge in [-0.3, -0.25) is 0 Å². The summed E-state index contributed by atoms with van der Waals surface area (Å²) in [6.07, 6.45) is 7.08. The Morgan fingerprint density at radius 3 is 2.75 bits per heavy atom. The first-order valence-corrected chi connectivity index (χ1v) is 7.23. The Hall–Kier alpha value is -0.0800. The molecule has 94 valence electrons. The number of hydrogen-bond acceptors (Lipinski definition) is 2. The summed E-state index contributed by atoms with van der Waals surface area (Å²) >= 11 is 0. The van der Waals surface area contributed by atoms with Crippen LogP contribution in [0.2, 0.25) is 0 Å². The Labute approximate surface area is 101 Å². The highest BCUT2D eigenvalue weighted by molar-refractivity contribution is 4.78. The lowest BCUT2D eigenvalue weighted by Gasteiger charge is -2.32. The van der Waals surface area contributed by atoms with E-state index < -0.39 is 0 Å². The third-order valence-electron chi connectivity index (χ3n) is 4.16. The predicted molar refractivity (Wildman–Crippen MR) is 69.6 cm³/mol. The van der Waals surface area contributed by atoms with Gasteiger partial charge in [0.15, 0.2) is 0 Å². The maximum atomic E-state index is 3.69. The molecule has 16 heavy (non-hydrogen) atoms. The van der Waals surface area contributed by atoms with Crippen molar-refractivity contribution >= 4 is 0 Å². The quantitative estimate of drug-likeness (QED) is 0.789. The van der Waals surface area contributed by atoms with Gasteiger partial charge < -0.3 is 10.2 Å². The minimum absolute atomic E-state index is 0.756. The maximum absolute atomic E-state index is 3.69. The molecule has 2 nitrogen and oxygen atoms in total. The Morgan fingerprint density at radius 2 is 2.06 bits per heavy atom. The van der Waals surface area contributed by atoms with Crippen LogP contribution in [0, 0.1) is 11.8 Å². The van der Waals surface area contributed by atoms with Crippen LogP contribution < -0.4 is 5.32 Å². The molecule has 2 heteroatoms. The lowest BCUT2D eigenvalue weighted by Crippen LogP contribution is -2.43. The van der Waals surface area contributed by atoms with Gasteiger partial charge in [0.05, 0.1) is 0 Å². The van der Waals surface area contributed by atoms with Crippen molar-refractivity contribution in [1.29, 1.82) is 0 Å². The Morgan fingerprint density at radius 1 is 1.25 bits per heavy atom. The van der Waals surface area contributed by atoms with Crippen LogP contribution in [0.4, 0.5) is 0 Å². The Kier molecular flexibility index (Phi) is 4.66. The van der Waals surface area contributed by atoms with Crippen molar-refractivity contribution in [1.82, 2.24) is 10.2 Å². The molecule has 0 aromatic heterocycles.